The summed E-state index contributed by atoms with van der Waals surface area (Å²) < 4.78 is 23.3. The molecule has 3 fully saturated rings. The van der Waals surface area contributed by atoms with Gasteiger partial charge in [0.1, 0.15) is 23.4 Å². The number of aromatic nitrogens is 6. The number of aliphatic hydroxyl groups excluding tert-OH is 1. The molecule has 2 aliphatic heterocycles. The van der Waals surface area contributed by atoms with E-state index in [9.17, 15) is 5.11 Å². The smallest absolute Gasteiger partial charge is 0.225 e. The first-order chi connectivity index (χ1) is 25.4. The number of benzene rings is 1. The van der Waals surface area contributed by atoms with Gasteiger partial charge in [0.05, 0.1) is 54.9 Å². The highest BCUT2D eigenvalue weighted by atomic mass is 35.5. The maximum absolute atomic E-state index is 9.48. The molecule has 2 aliphatic carbocycles. The summed E-state index contributed by atoms with van der Waals surface area (Å²) in [5.41, 5.74) is 4.39. The lowest BCUT2D eigenvalue weighted by Crippen LogP contribution is -2.36. The van der Waals surface area contributed by atoms with E-state index in [4.69, 9.17) is 30.2 Å². The van der Waals surface area contributed by atoms with Crippen LogP contribution in [-0.2, 0) is 11.2 Å². The molecule has 3 N–H and O–H groups in total. The first-order valence-electron chi connectivity index (χ1n) is 18.3. The molecule has 15 heteroatoms. The van der Waals surface area contributed by atoms with Gasteiger partial charge in [-0.2, -0.15) is 4.98 Å². The number of morpholine rings is 1. The molecule has 0 bridgehead atoms. The molecule has 274 valence electrons. The standard InChI is InChI=1S/C25H30N6O3.C12H14ClN3O2/c1-16-28-21-6-9-33-24(21)25(29-16)30-17-2-4-19(5-3-17)34-23-13-18(31-7-10-32-11-8-31)12-22-20(23)14-26-15-27-22;13-12-15-9-5-6-18-10(9)11(16-12)14-7-1-3-8(17)4-2-7/h12-15,17,19H,2-11H2,1H3,(H,28,29,30);5-8,17H,1-4H2,(H,14,15,16). The number of ether oxygens (including phenoxy) is 3. The zero-order chi connectivity index (χ0) is 35.4. The van der Waals surface area contributed by atoms with Gasteiger partial charge in [-0.05, 0) is 76.0 Å². The Bertz CT molecular complexity index is 1990. The Morgan fingerprint density at radius 2 is 1.65 bits per heavy atom. The molecule has 0 spiro atoms. The average Bonchev–Trinajstić information content (AvgIpc) is 3.84. The third kappa shape index (κ3) is 7.93. The van der Waals surface area contributed by atoms with Crippen molar-refractivity contribution in [3.8, 4) is 11.5 Å². The number of rotatable bonds is 7. The largest absolute Gasteiger partial charge is 0.490 e. The summed E-state index contributed by atoms with van der Waals surface area (Å²) in [6.07, 6.45) is 13.3. The van der Waals surface area contributed by atoms with Crippen molar-refractivity contribution in [1.29, 1.82) is 0 Å². The van der Waals surface area contributed by atoms with Crippen LogP contribution in [0.2, 0.25) is 5.28 Å². The quantitative estimate of drug-likeness (QED) is 0.170. The van der Waals surface area contributed by atoms with Crippen LogP contribution in [0.25, 0.3) is 22.0 Å². The monoisotopic (exact) mass is 729 g/mol. The van der Waals surface area contributed by atoms with Gasteiger partial charge >= 0.3 is 0 Å². The van der Waals surface area contributed by atoms with Crippen LogP contribution in [-0.4, -0.2) is 92.2 Å². The molecule has 0 unspecified atom stereocenters. The lowest BCUT2D eigenvalue weighted by molar-refractivity contribution is 0.122. The second-order valence-electron chi connectivity index (χ2n) is 13.9. The van der Waals surface area contributed by atoms with Gasteiger partial charge in [0.15, 0.2) is 23.0 Å². The molecule has 5 aromatic rings. The van der Waals surface area contributed by atoms with Crippen molar-refractivity contribution in [2.24, 2.45) is 0 Å². The van der Waals surface area contributed by atoms with Gasteiger partial charge in [0.25, 0.3) is 0 Å². The molecule has 52 heavy (non-hydrogen) atoms. The van der Waals surface area contributed by atoms with Crippen molar-refractivity contribution < 1.29 is 23.7 Å². The van der Waals surface area contributed by atoms with E-state index in [1.54, 1.807) is 18.7 Å². The number of anilines is 3. The van der Waals surface area contributed by atoms with E-state index in [2.05, 4.69) is 57.6 Å². The van der Waals surface area contributed by atoms with Crippen LogP contribution in [0.3, 0.4) is 0 Å². The Hall–Kier alpha value is -4.53. The van der Waals surface area contributed by atoms with Crippen LogP contribution < -0.4 is 25.0 Å². The molecule has 6 heterocycles. The molecule has 0 atom stereocenters. The number of aryl methyl sites for hydroxylation is 1. The Kier molecular flexibility index (Phi) is 10.4. The van der Waals surface area contributed by atoms with Crippen molar-refractivity contribution in [1.82, 2.24) is 29.9 Å². The molecule has 14 nitrogen and oxygen atoms in total. The highest BCUT2D eigenvalue weighted by molar-refractivity contribution is 6.28. The van der Waals surface area contributed by atoms with Crippen LogP contribution in [0.15, 0.2) is 41.4 Å². The fourth-order valence-electron chi connectivity index (χ4n) is 7.47. The van der Waals surface area contributed by atoms with Crippen molar-refractivity contribution in [3.05, 3.63) is 53.8 Å². The summed E-state index contributed by atoms with van der Waals surface area (Å²) in [5, 5.41) is 17.6. The second kappa shape index (κ2) is 15.6. The Balaban J connectivity index is 0.000000181. The van der Waals surface area contributed by atoms with E-state index < -0.39 is 0 Å². The van der Waals surface area contributed by atoms with Gasteiger partial charge in [0.2, 0.25) is 5.28 Å². The minimum absolute atomic E-state index is 0.162. The van der Waals surface area contributed by atoms with E-state index in [-0.39, 0.29) is 17.5 Å². The van der Waals surface area contributed by atoms with Crippen LogP contribution in [0.1, 0.15) is 62.9 Å². The van der Waals surface area contributed by atoms with E-state index in [0.29, 0.717) is 35.6 Å². The molecule has 1 aromatic carbocycles. The van der Waals surface area contributed by atoms with Gasteiger partial charge in [-0.25, -0.2) is 24.9 Å². The lowest BCUT2D eigenvalue weighted by Gasteiger charge is -2.32. The van der Waals surface area contributed by atoms with Gasteiger partial charge < -0.3 is 39.3 Å². The predicted molar refractivity (Wildman–Crippen MR) is 198 cm³/mol. The normalized spacial score (nSPS) is 23.0. The Morgan fingerprint density at radius 1 is 0.885 bits per heavy atom. The molecule has 2 saturated carbocycles. The summed E-state index contributed by atoms with van der Waals surface area (Å²) in [6, 6.07) is 6.68. The number of nitrogens with zero attached hydrogens (tertiary/aromatic N) is 7. The highest BCUT2D eigenvalue weighted by Crippen LogP contribution is 2.36. The van der Waals surface area contributed by atoms with Crippen LogP contribution in [0.4, 0.5) is 17.3 Å². The van der Waals surface area contributed by atoms with Crippen molar-refractivity contribution in [3.63, 3.8) is 0 Å². The molecular formula is C37H44ClN9O5. The van der Waals surface area contributed by atoms with Crippen molar-refractivity contribution in [2.75, 3.05) is 48.4 Å². The number of hydrogen-bond donors (Lipinski definition) is 3. The number of hydrogen-bond acceptors (Lipinski definition) is 14. The maximum Gasteiger partial charge on any atom is 0.225 e. The molecule has 4 aliphatic rings. The van der Waals surface area contributed by atoms with Crippen LogP contribution in [0.5, 0.6) is 11.5 Å². The topological polar surface area (TPSA) is 166 Å². The highest BCUT2D eigenvalue weighted by Gasteiger charge is 2.27. The fraction of sp³-hybridized carbons (Fsp3) is 0.514. The molecule has 1 saturated heterocycles. The number of nitrogens with one attached hydrogen (secondary N) is 2. The number of aliphatic hydroxyl groups is 1. The van der Waals surface area contributed by atoms with E-state index >= 15 is 0 Å². The summed E-state index contributed by atoms with van der Waals surface area (Å²) in [7, 11) is 0. The second-order valence-corrected chi connectivity index (χ2v) is 14.2. The van der Waals surface area contributed by atoms with Crippen molar-refractivity contribution >= 4 is 50.9 Å². The minimum Gasteiger partial charge on any atom is -0.490 e. The SMILES string of the molecule is Cc1nc2c(c(NC3CCC(Oc4cc(N5CCOCC5)cc5ncncc45)CC3)n1)OCC2.OC1CCC(Nc2nc(Cl)nc3ccoc23)CC1. The van der Waals surface area contributed by atoms with Crippen LogP contribution in [0, 0.1) is 6.92 Å². The van der Waals surface area contributed by atoms with Gasteiger partial charge in [-0.15, -0.1) is 0 Å². The van der Waals surface area contributed by atoms with E-state index in [1.165, 1.54) is 0 Å². The Morgan fingerprint density at radius 3 is 2.46 bits per heavy atom. The first-order valence-corrected chi connectivity index (χ1v) is 18.7. The summed E-state index contributed by atoms with van der Waals surface area (Å²) in [4.78, 5) is 28.5. The Labute approximate surface area is 306 Å². The zero-order valence-electron chi connectivity index (χ0n) is 29.3. The van der Waals surface area contributed by atoms with Crippen LogP contribution >= 0.6 is 11.6 Å². The zero-order valence-corrected chi connectivity index (χ0v) is 30.0. The first kappa shape index (κ1) is 34.6. The molecule has 4 aromatic heterocycles. The number of halogens is 1. The predicted octanol–water partition coefficient (Wildman–Crippen LogP) is 5.89. The average molecular weight is 730 g/mol. The third-order valence-corrected chi connectivity index (χ3v) is 10.4. The summed E-state index contributed by atoms with van der Waals surface area (Å²) in [6.45, 7) is 5.87. The van der Waals surface area contributed by atoms with E-state index in [0.717, 1.165) is 130 Å². The molecule has 9 rings (SSSR count). The maximum atomic E-state index is 9.48. The summed E-state index contributed by atoms with van der Waals surface area (Å²) >= 11 is 5.88. The lowest BCUT2D eigenvalue weighted by atomic mass is 9.93. The summed E-state index contributed by atoms with van der Waals surface area (Å²) in [5.74, 6) is 3.96. The van der Waals surface area contributed by atoms with Gasteiger partial charge in [-0.3, -0.25) is 0 Å². The number of fused-ring (bicyclic) bond motifs is 3. The van der Waals surface area contributed by atoms with Gasteiger partial charge in [-0.1, -0.05) is 0 Å². The molecular weight excluding hydrogens is 686 g/mol. The van der Waals surface area contributed by atoms with E-state index in [1.807, 2.05) is 13.1 Å². The minimum atomic E-state index is -0.166. The third-order valence-electron chi connectivity index (χ3n) is 10.2. The molecule has 0 radical (unpaired) electrons. The fourth-order valence-corrected chi connectivity index (χ4v) is 7.65. The molecule has 0 amide bonds. The van der Waals surface area contributed by atoms with Crippen molar-refractivity contribution in [2.45, 2.75) is 89.0 Å². The van der Waals surface area contributed by atoms with Gasteiger partial charge in [0, 0.05) is 55.6 Å². The number of furan rings is 1.